The molecule has 0 bridgehead atoms. The van der Waals surface area contributed by atoms with Crippen LogP contribution in [0.4, 0.5) is 14.9 Å². The summed E-state index contributed by atoms with van der Waals surface area (Å²) in [6.45, 7) is 3.04. The van der Waals surface area contributed by atoms with Gasteiger partial charge in [0, 0.05) is 25.7 Å². The lowest BCUT2D eigenvalue weighted by atomic mass is 10.1. The van der Waals surface area contributed by atoms with Crippen molar-refractivity contribution in [3.8, 4) is 6.07 Å². The summed E-state index contributed by atoms with van der Waals surface area (Å²) in [6, 6.07) is 6.16. The van der Waals surface area contributed by atoms with E-state index in [4.69, 9.17) is 10.4 Å². The molecule has 1 aromatic carbocycles. The number of benzene rings is 1. The molecular weight excluding hydrogens is 249 g/mol. The number of halogens is 1. The summed E-state index contributed by atoms with van der Waals surface area (Å²) in [5.74, 6) is -0.548. The van der Waals surface area contributed by atoms with Gasteiger partial charge in [-0.2, -0.15) is 5.26 Å². The fourth-order valence-corrected chi connectivity index (χ4v) is 2.35. The molecule has 1 N–H and O–H groups in total. The van der Waals surface area contributed by atoms with E-state index in [0.717, 1.165) is 0 Å². The first-order valence-electron chi connectivity index (χ1n) is 5.97. The molecule has 0 radical (unpaired) electrons. The number of anilines is 1. The van der Waals surface area contributed by atoms with E-state index in [1.807, 2.05) is 11.0 Å². The molecule has 100 valence electrons. The van der Waals surface area contributed by atoms with Gasteiger partial charge in [-0.05, 0) is 19.1 Å². The second-order valence-corrected chi connectivity index (χ2v) is 4.52. The number of carboxylic acid groups (broad SMARTS) is 1. The Kier molecular flexibility index (Phi) is 3.56. The molecule has 1 amide bonds. The molecule has 0 aliphatic carbocycles. The topological polar surface area (TPSA) is 67.6 Å². The van der Waals surface area contributed by atoms with Crippen LogP contribution in [0.2, 0.25) is 0 Å². The molecule has 5 nitrogen and oxygen atoms in total. The van der Waals surface area contributed by atoms with Gasteiger partial charge >= 0.3 is 6.09 Å². The van der Waals surface area contributed by atoms with E-state index in [1.54, 1.807) is 19.1 Å². The number of hydrogen-bond acceptors (Lipinski definition) is 3. The number of nitriles is 1. The minimum Gasteiger partial charge on any atom is -0.465 e. The van der Waals surface area contributed by atoms with Gasteiger partial charge in [-0.3, -0.25) is 0 Å². The van der Waals surface area contributed by atoms with Gasteiger partial charge < -0.3 is 14.9 Å². The van der Waals surface area contributed by atoms with Crippen LogP contribution in [0.5, 0.6) is 0 Å². The summed E-state index contributed by atoms with van der Waals surface area (Å²) >= 11 is 0. The second kappa shape index (κ2) is 5.14. The molecule has 1 heterocycles. The summed E-state index contributed by atoms with van der Waals surface area (Å²) in [7, 11) is 0. The van der Waals surface area contributed by atoms with E-state index in [9.17, 15) is 9.18 Å². The van der Waals surface area contributed by atoms with Crippen molar-refractivity contribution in [2.45, 2.75) is 13.0 Å². The Morgan fingerprint density at radius 3 is 2.84 bits per heavy atom. The molecule has 0 spiro atoms. The van der Waals surface area contributed by atoms with Crippen LogP contribution in [0, 0.1) is 17.1 Å². The number of rotatable bonds is 1. The quantitative estimate of drug-likeness (QED) is 0.840. The molecule has 1 fully saturated rings. The number of piperazine rings is 1. The molecule has 1 aliphatic rings. The Balaban J connectivity index is 2.24. The predicted octanol–water partition coefficient (Wildman–Crippen LogP) is 1.89. The third-order valence-corrected chi connectivity index (χ3v) is 3.32. The zero-order valence-corrected chi connectivity index (χ0v) is 10.5. The maximum absolute atomic E-state index is 13.6. The molecule has 0 saturated carbocycles. The molecular formula is C13H14FN3O2. The average Bonchev–Trinajstić information content (AvgIpc) is 2.37. The van der Waals surface area contributed by atoms with E-state index in [2.05, 4.69) is 0 Å². The highest BCUT2D eigenvalue weighted by Crippen LogP contribution is 2.25. The highest BCUT2D eigenvalue weighted by atomic mass is 19.1. The predicted molar refractivity (Wildman–Crippen MR) is 67.5 cm³/mol. The van der Waals surface area contributed by atoms with Gasteiger partial charge in [0.15, 0.2) is 0 Å². The molecule has 19 heavy (non-hydrogen) atoms. The Bertz CT molecular complexity index is 541. The van der Waals surface area contributed by atoms with E-state index in [1.165, 1.54) is 11.0 Å². The summed E-state index contributed by atoms with van der Waals surface area (Å²) in [4.78, 5) is 14.2. The van der Waals surface area contributed by atoms with Gasteiger partial charge in [-0.15, -0.1) is 0 Å². The first kappa shape index (κ1) is 13.1. The van der Waals surface area contributed by atoms with Crippen molar-refractivity contribution in [2.24, 2.45) is 0 Å². The van der Waals surface area contributed by atoms with E-state index >= 15 is 0 Å². The lowest BCUT2D eigenvalue weighted by Crippen LogP contribution is -2.53. The van der Waals surface area contributed by atoms with Crippen molar-refractivity contribution in [1.82, 2.24) is 4.90 Å². The van der Waals surface area contributed by atoms with Crippen LogP contribution in [-0.2, 0) is 0 Å². The fraction of sp³-hybridized carbons (Fsp3) is 0.385. The van der Waals surface area contributed by atoms with Crippen molar-refractivity contribution >= 4 is 11.8 Å². The van der Waals surface area contributed by atoms with Crippen LogP contribution >= 0.6 is 0 Å². The van der Waals surface area contributed by atoms with E-state index in [0.29, 0.717) is 25.3 Å². The number of amides is 1. The normalized spacial score (nSPS) is 19.1. The highest BCUT2D eigenvalue weighted by molar-refractivity contribution is 5.67. The zero-order chi connectivity index (χ0) is 14.0. The van der Waals surface area contributed by atoms with Crippen LogP contribution < -0.4 is 4.90 Å². The minimum atomic E-state index is -0.952. The molecule has 1 saturated heterocycles. The van der Waals surface area contributed by atoms with E-state index in [-0.39, 0.29) is 11.6 Å². The molecule has 2 rings (SSSR count). The summed E-state index contributed by atoms with van der Waals surface area (Å²) in [5, 5.41) is 18.0. The van der Waals surface area contributed by atoms with Crippen LogP contribution in [0.25, 0.3) is 0 Å². The van der Waals surface area contributed by atoms with Crippen LogP contribution in [0.1, 0.15) is 12.5 Å². The summed E-state index contributed by atoms with van der Waals surface area (Å²) < 4.78 is 13.6. The third kappa shape index (κ3) is 2.45. The summed E-state index contributed by atoms with van der Waals surface area (Å²) in [6.07, 6.45) is -0.952. The standard InChI is InChI=1S/C13H14FN3O2/c1-9-8-16(5-6-17(9)13(18)19)12-4-2-3-11(14)10(12)7-15/h2-4,9H,5-6,8H2,1H3,(H,18,19)/t9-/m0/s1. The number of nitrogens with zero attached hydrogens (tertiary/aromatic N) is 3. The van der Waals surface area contributed by atoms with E-state index < -0.39 is 11.9 Å². The molecule has 0 aromatic heterocycles. The largest absolute Gasteiger partial charge is 0.465 e. The third-order valence-electron chi connectivity index (χ3n) is 3.32. The zero-order valence-electron chi connectivity index (χ0n) is 10.5. The van der Waals surface area contributed by atoms with Gasteiger partial charge in [0.25, 0.3) is 0 Å². The molecule has 0 unspecified atom stereocenters. The first-order chi connectivity index (χ1) is 9.04. The minimum absolute atomic E-state index is 0.0125. The van der Waals surface area contributed by atoms with Crippen LogP contribution in [0.15, 0.2) is 18.2 Å². The molecule has 1 aliphatic heterocycles. The van der Waals surface area contributed by atoms with Crippen molar-refractivity contribution in [3.63, 3.8) is 0 Å². The highest BCUT2D eigenvalue weighted by Gasteiger charge is 2.28. The molecule has 1 atom stereocenters. The first-order valence-corrected chi connectivity index (χ1v) is 5.97. The monoisotopic (exact) mass is 263 g/mol. The van der Waals surface area contributed by atoms with Gasteiger partial charge in [-0.25, -0.2) is 9.18 Å². The van der Waals surface area contributed by atoms with Gasteiger partial charge in [0.05, 0.1) is 5.69 Å². The maximum Gasteiger partial charge on any atom is 0.407 e. The lowest BCUT2D eigenvalue weighted by Gasteiger charge is -2.39. The smallest absolute Gasteiger partial charge is 0.407 e. The van der Waals surface area contributed by atoms with Crippen molar-refractivity contribution < 1.29 is 14.3 Å². The number of hydrogen-bond donors (Lipinski definition) is 1. The van der Waals surface area contributed by atoms with Crippen LogP contribution in [-0.4, -0.2) is 41.8 Å². The Hall–Kier alpha value is -2.29. The van der Waals surface area contributed by atoms with Crippen LogP contribution in [0.3, 0.4) is 0 Å². The Labute approximate surface area is 110 Å². The van der Waals surface area contributed by atoms with Gasteiger partial charge in [0.2, 0.25) is 0 Å². The SMILES string of the molecule is C[C@H]1CN(c2cccc(F)c2C#N)CCN1C(=O)O. The fourth-order valence-electron chi connectivity index (χ4n) is 2.35. The molecule has 1 aromatic rings. The van der Waals surface area contributed by atoms with Crippen molar-refractivity contribution in [1.29, 1.82) is 5.26 Å². The number of carbonyl (C=O) groups is 1. The molecule has 6 heteroatoms. The average molecular weight is 263 g/mol. The lowest BCUT2D eigenvalue weighted by molar-refractivity contribution is 0.122. The van der Waals surface area contributed by atoms with Gasteiger partial charge in [0.1, 0.15) is 17.4 Å². The second-order valence-electron chi connectivity index (χ2n) is 4.52. The van der Waals surface area contributed by atoms with Crippen molar-refractivity contribution in [2.75, 3.05) is 24.5 Å². The van der Waals surface area contributed by atoms with Gasteiger partial charge in [-0.1, -0.05) is 6.07 Å². The Morgan fingerprint density at radius 1 is 1.53 bits per heavy atom. The Morgan fingerprint density at radius 2 is 2.26 bits per heavy atom. The van der Waals surface area contributed by atoms with Crippen molar-refractivity contribution in [3.05, 3.63) is 29.6 Å². The summed E-state index contributed by atoms with van der Waals surface area (Å²) in [5.41, 5.74) is 0.540. The maximum atomic E-state index is 13.6.